The van der Waals surface area contributed by atoms with Crippen LogP contribution >= 0.6 is 0 Å². The lowest BCUT2D eigenvalue weighted by Gasteiger charge is -2.38. The van der Waals surface area contributed by atoms with Crippen LogP contribution in [0.25, 0.3) is 0 Å². The van der Waals surface area contributed by atoms with Crippen molar-refractivity contribution in [2.45, 2.75) is 38.6 Å². The molecule has 0 radical (unpaired) electrons. The highest BCUT2D eigenvalue weighted by Gasteiger charge is 2.32. The SMILES string of the molecule is CC1CCC(=CC(=O)N2CC(n3cc(C(N)=O)nn3)C2)CC1. The lowest BCUT2D eigenvalue weighted by Crippen LogP contribution is -2.50. The molecule has 2 N–H and O–H groups in total. The second-order valence-corrected chi connectivity index (χ2v) is 6.33. The number of primary amides is 1. The minimum atomic E-state index is -0.588. The number of aromatic nitrogens is 3. The number of hydrogen-bond donors (Lipinski definition) is 1. The summed E-state index contributed by atoms with van der Waals surface area (Å²) in [6, 6.07) is 0.0781. The van der Waals surface area contributed by atoms with Gasteiger partial charge in [0.05, 0.1) is 12.2 Å². The summed E-state index contributed by atoms with van der Waals surface area (Å²) < 4.78 is 1.61. The number of nitrogens with two attached hydrogens (primary N) is 1. The fourth-order valence-corrected chi connectivity index (χ4v) is 2.91. The second-order valence-electron chi connectivity index (χ2n) is 6.33. The second kappa shape index (κ2) is 5.90. The van der Waals surface area contributed by atoms with Crippen LogP contribution in [0.4, 0.5) is 0 Å². The van der Waals surface area contributed by atoms with Crippen molar-refractivity contribution in [3.8, 4) is 0 Å². The molecule has 2 fully saturated rings. The molecule has 22 heavy (non-hydrogen) atoms. The fraction of sp³-hybridized carbons (Fsp3) is 0.600. The van der Waals surface area contributed by atoms with Gasteiger partial charge in [-0.3, -0.25) is 9.59 Å². The van der Waals surface area contributed by atoms with E-state index in [4.69, 9.17) is 5.73 Å². The van der Waals surface area contributed by atoms with Crippen LogP contribution in [0, 0.1) is 5.92 Å². The number of nitrogens with zero attached hydrogens (tertiary/aromatic N) is 4. The maximum absolute atomic E-state index is 12.2. The molecule has 1 saturated heterocycles. The first-order valence-corrected chi connectivity index (χ1v) is 7.73. The molecule has 7 heteroatoms. The summed E-state index contributed by atoms with van der Waals surface area (Å²) in [5.41, 5.74) is 6.57. The number of allylic oxidation sites excluding steroid dienone is 1. The summed E-state index contributed by atoms with van der Waals surface area (Å²) in [5.74, 6) is 0.262. The van der Waals surface area contributed by atoms with Crippen molar-refractivity contribution in [1.82, 2.24) is 19.9 Å². The smallest absolute Gasteiger partial charge is 0.270 e. The van der Waals surface area contributed by atoms with Crippen molar-refractivity contribution in [1.29, 1.82) is 0 Å². The lowest BCUT2D eigenvalue weighted by atomic mass is 9.87. The Labute approximate surface area is 129 Å². The number of carbonyl (C=O) groups excluding carboxylic acids is 2. The Morgan fingerprint density at radius 1 is 1.32 bits per heavy atom. The number of hydrogen-bond acceptors (Lipinski definition) is 4. The van der Waals surface area contributed by atoms with Gasteiger partial charge in [-0.1, -0.05) is 17.7 Å². The molecule has 1 aromatic heterocycles. The summed E-state index contributed by atoms with van der Waals surface area (Å²) in [4.78, 5) is 25.0. The van der Waals surface area contributed by atoms with Gasteiger partial charge < -0.3 is 10.6 Å². The van der Waals surface area contributed by atoms with Crippen LogP contribution in [0.5, 0.6) is 0 Å². The molecule has 3 rings (SSSR count). The molecular formula is C15H21N5O2. The summed E-state index contributed by atoms with van der Waals surface area (Å²) >= 11 is 0. The highest BCUT2D eigenvalue weighted by Crippen LogP contribution is 2.28. The zero-order valence-corrected chi connectivity index (χ0v) is 12.7. The minimum absolute atomic E-state index is 0.0781. The van der Waals surface area contributed by atoms with Crippen molar-refractivity contribution in [3.63, 3.8) is 0 Å². The molecule has 1 aliphatic heterocycles. The molecular weight excluding hydrogens is 282 g/mol. The molecule has 1 aromatic rings. The van der Waals surface area contributed by atoms with E-state index in [1.54, 1.807) is 15.7 Å². The Balaban J connectivity index is 1.53. The molecule has 2 heterocycles. The molecule has 1 aliphatic carbocycles. The van der Waals surface area contributed by atoms with E-state index in [9.17, 15) is 9.59 Å². The molecule has 7 nitrogen and oxygen atoms in total. The first-order chi connectivity index (χ1) is 10.5. The monoisotopic (exact) mass is 303 g/mol. The molecule has 0 spiro atoms. The van der Waals surface area contributed by atoms with Crippen LogP contribution in [0.2, 0.25) is 0 Å². The lowest BCUT2D eigenvalue weighted by molar-refractivity contribution is -0.131. The normalized spacial score (nSPS) is 22.3. The number of rotatable bonds is 3. The van der Waals surface area contributed by atoms with E-state index < -0.39 is 5.91 Å². The molecule has 2 aliphatic rings. The summed E-state index contributed by atoms with van der Waals surface area (Å²) in [6.07, 6.45) is 7.77. The van der Waals surface area contributed by atoms with Crippen LogP contribution < -0.4 is 5.73 Å². The Hall–Kier alpha value is -2.18. The molecule has 0 unspecified atom stereocenters. The predicted molar refractivity (Wildman–Crippen MR) is 79.9 cm³/mol. The van der Waals surface area contributed by atoms with Gasteiger partial charge in [0.25, 0.3) is 5.91 Å². The highest BCUT2D eigenvalue weighted by molar-refractivity contribution is 5.90. The predicted octanol–water partition coefficient (Wildman–Crippen LogP) is 0.897. The van der Waals surface area contributed by atoms with E-state index in [2.05, 4.69) is 17.2 Å². The van der Waals surface area contributed by atoms with E-state index in [0.29, 0.717) is 13.1 Å². The van der Waals surface area contributed by atoms with Crippen molar-refractivity contribution < 1.29 is 9.59 Å². The van der Waals surface area contributed by atoms with Gasteiger partial charge in [0.1, 0.15) is 0 Å². The van der Waals surface area contributed by atoms with Gasteiger partial charge in [-0.25, -0.2) is 4.68 Å². The van der Waals surface area contributed by atoms with Gasteiger partial charge >= 0.3 is 0 Å². The third-order valence-corrected chi connectivity index (χ3v) is 4.55. The van der Waals surface area contributed by atoms with Crippen LogP contribution in [0.15, 0.2) is 17.8 Å². The van der Waals surface area contributed by atoms with Gasteiger partial charge in [0.2, 0.25) is 5.91 Å². The standard InChI is InChI=1S/C15H21N5O2/c1-10-2-4-11(5-3-10)6-14(21)19-7-12(8-19)20-9-13(15(16)22)17-18-20/h6,9-10,12H,2-5,7-8H2,1H3,(H2,16,22). The van der Waals surface area contributed by atoms with E-state index >= 15 is 0 Å². The zero-order chi connectivity index (χ0) is 15.7. The zero-order valence-electron chi connectivity index (χ0n) is 12.7. The first-order valence-electron chi connectivity index (χ1n) is 7.73. The van der Waals surface area contributed by atoms with Gasteiger partial charge in [-0.2, -0.15) is 0 Å². The molecule has 0 aromatic carbocycles. The van der Waals surface area contributed by atoms with Crippen molar-refractivity contribution in [3.05, 3.63) is 23.5 Å². The van der Waals surface area contributed by atoms with Crippen molar-refractivity contribution in [2.75, 3.05) is 13.1 Å². The van der Waals surface area contributed by atoms with Crippen molar-refractivity contribution >= 4 is 11.8 Å². The Kier molecular flexibility index (Phi) is 3.96. The van der Waals surface area contributed by atoms with Gasteiger partial charge in [-0.15, -0.1) is 5.10 Å². The summed E-state index contributed by atoms with van der Waals surface area (Å²) in [6.45, 7) is 3.46. The highest BCUT2D eigenvalue weighted by atomic mass is 16.2. The molecule has 1 saturated carbocycles. The average molecular weight is 303 g/mol. The molecule has 118 valence electrons. The van der Waals surface area contributed by atoms with E-state index in [1.807, 2.05) is 0 Å². The summed E-state index contributed by atoms with van der Waals surface area (Å²) in [7, 11) is 0. The molecule has 2 amide bonds. The largest absolute Gasteiger partial charge is 0.364 e. The third kappa shape index (κ3) is 3.03. The van der Waals surface area contributed by atoms with Crippen LogP contribution in [0.1, 0.15) is 49.1 Å². The van der Waals surface area contributed by atoms with E-state index in [1.165, 1.54) is 24.6 Å². The average Bonchev–Trinajstić information content (AvgIpc) is 2.89. The van der Waals surface area contributed by atoms with Gasteiger partial charge in [0.15, 0.2) is 5.69 Å². The maximum Gasteiger partial charge on any atom is 0.270 e. The molecule has 0 bridgehead atoms. The Bertz CT molecular complexity index is 605. The maximum atomic E-state index is 12.2. The van der Waals surface area contributed by atoms with Crippen molar-refractivity contribution in [2.24, 2.45) is 11.7 Å². The van der Waals surface area contributed by atoms with Gasteiger partial charge in [-0.05, 0) is 31.6 Å². The third-order valence-electron chi connectivity index (χ3n) is 4.55. The van der Waals surface area contributed by atoms with Crippen LogP contribution in [-0.4, -0.2) is 44.8 Å². The topological polar surface area (TPSA) is 94.1 Å². The van der Waals surface area contributed by atoms with Crippen LogP contribution in [0.3, 0.4) is 0 Å². The Morgan fingerprint density at radius 2 is 2.00 bits per heavy atom. The van der Waals surface area contributed by atoms with Gasteiger partial charge in [0, 0.05) is 19.2 Å². The van der Waals surface area contributed by atoms with E-state index in [-0.39, 0.29) is 17.6 Å². The number of amides is 2. The minimum Gasteiger partial charge on any atom is -0.364 e. The molecule has 0 atom stereocenters. The first kappa shape index (κ1) is 14.7. The fourth-order valence-electron chi connectivity index (χ4n) is 2.91. The Morgan fingerprint density at radius 3 is 2.59 bits per heavy atom. The quantitative estimate of drug-likeness (QED) is 0.839. The van der Waals surface area contributed by atoms with E-state index in [0.717, 1.165) is 18.8 Å². The number of likely N-dealkylation sites (tertiary alicyclic amines) is 1. The number of carbonyl (C=O) groups is 2. The summed E-state index contributed by atoms with van der Waals surface area (Å²) in [5, 5.41) is 7.60. The van der Waals surface area contributed by atoms with Crippen LogP contribution in [-0.2, 0) is 4.79 Å².